The standard InChI is InChI=1S/C26H32N4O5/c1-4-35-22-8-6-5-7-20(22)24-23(25(31)34-3)21(27-26(32)28-24)17-29-13-15-30(16-14-29)18-9-11-19(33-2)12-10-18/h5-12,24H,4,13-17H2,1-3H3,(H2,27,28,32)/t24-/m1/s1. The molecule has 2 N–H and O–H groups in total. The van der Waals surface area contributed by atoms with Crippen LogP contribution in [0.15, 0.2) is 59.8 Å². The van der Waals surface area contributed by atoms with E-state index >= 15 is 0 Å². The predicted molar refractivity (Wildman–Crippen MR) is 133 cm³/mol. The number of benzene rings is 2. The molecule has 4 rings (SSSR count). The summed E-state index contributed by atoms with van der Waals surface area (Å²) >= 11 is 0. The highest BCUT2D eigenvalue weighted by atomic mass is 16.5. The molecule has 2 amide bonds. The Morgan fingerprint density at radius 1 is 1.03 bits per heavy atom. The monoisotopic (exact) mass is 480 g/mol. The minimum Gasteiger partial charge on any atom is -0.497 e. The molecule has 2 heterocycles. The van der Waals surface area contributed by atoms with Crippen LogP contribution in [0.3, 0.4) is 0 Å². The van der Waals surface area contributed by atoms with Gasteiger partial charge in [-0.3, -0.25) is 4.90 Å². The average molecular weight is 481 g/mol. The number of anilines is 1. The number of para-hydroxylation sites is 1. The van der Waals surface area contributed by atoms with Gasteiger partial charge >= 0.3 is 12.0 Å². The maximum absolute atomic E-state index is 12.9. The number of ether oxygens (including phenoxy) is 3. The van der Waals surface area contributed by atoms with Crippen molar-refractivity contribution in [1.82, 2.24) is 15.5 Å². The molecule has 1 saturated heterocycles. The van der Waals surface area contributed by atoms with Gasteiger partial charge < -0.3 is 29.7 Å². The molecule has 0 unspecified atom stereocenters. The first-order valence-electron chi connectivity index (χ1n) is 11.8. The lowest BCUT2D eigenvalue weighted by molar-refractivity contribution is -0.136. The van der Waals surface area contributed by atoms with Crippen LogP contribution >= 0.6 is 0 Å². The second-order valence-corrected chi connectivity index (χ2v) is 8.35. The van der Waals surface area contributed by atoms with Crippen molar-refractivity contribution in [3.05, 3.63) is 65.4 Å². The van der Waals surface area contributed by atoms with E-state index < -0.39 is 12.0 Å². The average Bonchev–Trinajstić information content (AvgIpc) is 2.89. The summed E-state index contributed by atoms with van der Waals surface area (Å²) in [6.07, 6.45) is 0. The van der Waals surface area contributed by atoms with Crippen molar-refractivity contribution in [2.45, 2.75) is 13.0 Å². The predicted octanol–water partition coefficient (Wildman–Crippen LogP) is 2.70. The second kappa shape index (κ2) is 11.1. The van der Waals surface area contributed by atoms with Gasteiger partial charge in [-0.25, -0.2) is 9.59 Å². The van der Waals surface area contributed by atoms with Gasteiger partial charge in [-0.1, -0.05) is 18.2 Å². The lowest BCUT2D eigenvalue weighted by Gasteiger charge is -2.38. The third kappa shape index (κ3) is 5.51. The number of nitrogens with zero attached hydrogens (tertiary/aromatic N) is 2. The van der Waals surface area contributed by atoms with Crippen LogP contribution in [0.4, 0.5) is 10.5 Å². The Morgan fingerprint density at radius 3 is 2.40 bits per heavy atom. The molecule has 2 aliphatic rings. The molecule has 0 aliphatic carbocycles. The first kappa shape index (κ1) is 24.4. The van der Waals surface area contributed by atoms with Crippen LogP contribution < -0.4 is 25.0 Å². The van der Waals surface area contributed by atoms with Crippen molar-refractivity contribution in [2.24, 2.45) is 0 Å². The van der Waals surface area contributed by atoms with Gasteiger partial charge in [0.15, 0.2) is 0 Å². The molecule has 9 nitrogen and oxygen atoms in total. The molecule has 2 aromatic carbocycles. The molecule has 9 heteroatoms. The lowest BCUT2D eigenvalue weighted by Crippen LogP contribution is -2.51. The van der Waals surface area contributed by atoms with Crippen molar-refractivity contribution in [3.8, 4) is 11.5 Å². The number of amides is 2. The number of carbonyl (C=O) groups is 2. The highest BCUT2D eigenvalue weighted by Gasteiger charge is 2.35. The van der Waals surface area contributed by atoms with E-state index in [2.05, 4.69) is 32.6 Å². The molecule has 2 aliphatic heterocycles. The fraction of sp³-hybridized carbons (Fsp3) is 0.385. The summed E-state index contributed by atoms with van der Waals surface area (Å²) in [6.45, 7) is 6.03. The summed E-state index contributed by atoms with van der Waals surface area (Å²) < 4.78 is 16.1. The Labute approximate surface area is 205 Å². The summed E-state index contributed by atoms with van der Waals surface area (Å²) in [5.74, 6) is 0.966. The number of carbonyl (C=O) groups excluding carboxylic acids is 2. The Balaban J connectivity index is 1.55. The lowest BCUT2D eigenvalue weighted by atomic mass is 9.94. The molecule has 35 heavy (non-hydrogen) atoms. The van der Waals surface area contributed by atoms with Crippen molar-refractivity contribution in [3.63, 3.8) is 0 Å². The van der Waals surface area contributed by atoms with Gasteiger partial charge in [-0.15, -0.1) is 0 Å². The number of hydrogen-bond acceptors (Lipinski definition) is 7. The van der Waals surface area contributed by atoms with Crippen LogP contribution in [0, 0.1) is 0 Å². The van der Waals surface area contributed by atoms with Gasteiger partial charge in [-0.05, 0) is 37.3 Å². The number of methoxy groups -OCH3 is 2. The summed E-state index contributed by atoms with van der Waals surface area (Å²) in [4.78, 5) is 30.1. The number of esters is 1. The molecule has 0 saturated carbocycles. The van der Waals surface area contributed by atoms with E-state index in [4.69, 9.17) is 14.2 Å². The summed E-state index contributed by atoms with van der Waals surface area (Å²) in [5, 5.41) is 5.73. The van der Waals surface area contributed by atoms with E-state index in [-0.39, 0.29) is 6.03 Å². The number of hydrogen-bond donors (Lipinski definition) is 2. The number of nitrogens with one attached hydrogen (secondary N) is 2. The molecule has 0 radical (unpaired) electrons. The zero-order chi connectivity index (χ0) is 24.8. The van der Waals surface area contributed by atoms with E-state index in [1.165, 1.54) is 7.11 Å². The minimum absolute atomic E-state index is 0.360. The van der Waals surface area contributed by atoms with E-state index in [1.54, 1.807) is 7.11 Å². The van der Waals surface area contributed by atoms with Crippen molar-refractivity contribution in [1.29, 1.82) is 0 Å². The normalized spacial score (nSPS) is 18.5. The Morgan fingerprint density at radius 2 is 1.74 bits per heavy atom. The third-order valence-corrected chi connectivity index (χ3v) is 6.28. The smallest absolute Gasteiger partial charge is 0.338 e. The Hall–Kier alpha value is -3.72. The van der Waals surface area contributed by atoms with Crippen LogP contribution in [0.5, 0.6) is 11.5 Å². The fourth-order valence-corrected chi connectivity index (χ4v) is 4.51. The van der Waals surface area contributed by atoms with Crippen LogP contribution in [-0.4, -0.2) is 70.5 Å². The van der Waals surface area contributed by atoms with E-state index in [0.717, 1.165) is 37.6 Å². The van der Waals surface area contributed by atoms with E-state index in [1.807, 2.05) is 43.3 Å². The third-order valence-electron chi connectivity index (χ3n) is 6.28. The molecule has 0 spiro atoms. The van der Waals surface area contributed by atoms with Crippen LogP contribution in [-0.2, 0) is 9.53 Å². The van der Waals surface area contributed by atoms with Crippen molar-refractivity contribution in [2.75, 3.05) is 58.5 Å². The largest absolute Gasteiger partial charge is 0.497 e. The topological polar surface area (TPSA) is 92.4 Å². The zero-order valence-electron chi connectivity index (χ0n) is 20.4. The maximum atomic E-state index is 12.9. The van der Waals surface area contributed by atoms with Gasteiger partial charge in [0.1, 0.15) is 11.5 Å². The highest BCUT2D eigenvalue weighted by molar-refractivity contribution is 5.95. The van der Waals surface area contributed by atoms with Crippen molar-refractivity contribution < 1.29 is 23.8 Å². The molecule has 1 atom stereocenters. The Bertz CT molecular complexity index is 1080. The molecule has 186 valence electrons. The fourth-order valence-electron chi connectivity index (χ4n) is 4.51. The first-order chi connectivity index (χ1) is 17.0. The first-order valence-corrected chi connectivity index (χ1v) is 11.8. The SMILES string of the molecule is CCOc1ccccc1[C@H]1NC(=O)NC(CN2CCN(c3ccc(OC)cc3)CC2)=C1C(=O)OC. The number of piperazine rings is 1. The van der Waals surface area contributed by atoms with Crippen molar-refractivity contribution >= 4 is 17.7 Å². The van der Waals surface area contributed by atoms with E-state index in [0.29, 0.717) is 35.7 Å². The molecule has 1 fully saturated rings. The molecular weight excluding hydrogens is 448 g/mol. The maximum Gasteiger partial charge on any atom is 0.338 e. The molecule has 2 aromatic rings. The van der Waals surface area contributed by atoms with Gasteiger partial charge in [0.2, 0.25) is 0 Å². The molecule has 0 aromatic heterocycles. The number of urea groups is 1. The quantitative estimate of drug-likeness (QED) is 0.562. The van der Waals surface area contributed by atoms with Gasteiger partial charge in [0, 0.05) is 49.7 Å². The Kier molecular flexibility index (Phi) is 7.77. The van der Waals surface area contributed by atoms with Crippen LogP contribution in [0.25, 0.3) is 0 Å². The molecular formula is C26H32N4O5. The van der Waals surface area contributed by atoms with Gasteiger partial charge in [-0.2, -0.15) is 0 Å². The summed E-state index contributed by atoms with van der Waals surface area (Å²) in [7, 11) is 3.01. The number of rotatable bonds is 8. The zero-order valence-corrected chi connectivity index (χ0v) is 20.4. The molecule has 0 bridgehead atoms. The van der Waals surface area contributed by atoms with Crippen LogP contribution in [0.2, 0.25) is 0 Å². The minimum atomic E-state index is -0.672. The highest BCUT2D eigenvalue weighted by Crippen LogP contribution is 2.34. The van der Waals surface area contributed by atoms with Gasteiger partial charge in [0.25, 0.3) is 0 Å². The summed E-state index contributed by atoms with van der Waals surface area (Å²) in [5.41, 5.74) is 2.79. The van der Waals surface area contributed by atoms with Gasteiger partial charge in [0.05, 0.1) is 32.4 Å². The summed E-state index contributed by atoms with van der Waals surface area (Å²) in [6, 6.07) is 14.4. The van der Waals surface area contributed by atoms with Crippen LogP contribution in [0.1, 0.15) is 18.5 Å². The second-order valence-electron chi connectivity index (χ2n) is 8.35. The van der Waals surface area contributed by atoms with E-state index in [9.17, 15) is 9.59 Å².